The van der Waals surface area contributed by atoms with Crippen molar-refractivity contribution >= 4 is 5.91 Å². The maximum Gasteiger partial charge on any atom is 0.274 e. The van der Waals surface area contributed by atoms with Crippen LogP contribution in [0.15, 0.2) is 24.3 Å². The Balaban J connectivity index is 1.52. The largest absolute Gasteiger partial charge is 0.370 e. The second kappa shape index (κ2) is 6.57. The molecule has 1 N–H and O–H groups in total. The van der Waals surface area contributed by atoms with Crippen LogP contribution < -0.4 is 0 Å². The van der Waals surface area contributed by atoms with Crippen molar-refractivity contribution < 1.29 is 13.9 Å². The summed E-state index contributed by atoms with van der Waals surface area (Å²) in [5.41, 5.74) is 3.46. The van der Waals surface area contributed by atoms with Gasteiger partial charge in [-0.25, -0.2) is 4.39 Å². The molecule has 2 aliphatic heterocycles. The number of carbonyl (C=O) groups is 1. The molecule has 0 radical (unpaired) electrons. The molecule has 3 heterocycles. The monoisotopic (exact) mass is 344 g/mol. The van der Waals surface area contributed by atoms with Gasteiger partial charge in [0.05, 0.1) is 13.2 Å². The number of aromatic amines is 1. The number of hydrogen-bond donors (Lipinski definition) is 1. The average Bonchev–Trinajstić information content (AvgIpc) is 3.05. The number of carbonyl (C=O) groups excluding carboxylic acids is 1. The molecular formula is C18H21FN4O2. The Morgan fingerprint density at radius 2 is 2.12 bits per heavy atom. The third-order valence-corrected chi connectivity index (χ3v) is 4.92. The first-order valence-electron chi connectivity index (χ1n) is 8.53. The van der Waals surface area contributed by atoms with E-state index in [9.17, 15) is 9.18 Å². The van der Waals surface area contributed by atoms with Gasteiger partial charge in [0.2, 0.25) is 0 Å². The summed E-state index contributed by atoms with van der Waals surface area (Å²) in [5.74, 6) is -0.344. The molecule has 2 aliphatic rings. The van der Waals surface area contributed by atoms with Gasteiger partial charge in [-0.2, -0.15) is 5.10 Å². The van der Waals surface area contributed by atoms with E-state index in [4.69, 9.17) is 4.74 Å². The zero-order chi connectivity index (χ0) is 17.4. The molecule has 7 heteroatoms. The summed E-state index contributed by atoms with van der Waals surface area (Å²) in [4.78, 5) is 16.9. The maximum absolute atomic E-state index is 13.1. The number of fused-ring (bicyclic) bond motifs is 1. The van der Waals surface area contributed by atoms with Gasteiger partial charge in [-0.15, -0.1) is 0 Å². The number of H-pyrrole nitrogens is 1. The standard InChI is InChI=1S/C18H21FN4O2/c1-22-7-6-15-14(10-22)17(21-20-15)18(24)23-8-9-25-16(11-23)12-2-4-13(19)5-3-12/h2-5,16H,6-11H2,1H3,(H,20,21)/t16-/m0/s1. The lowest BCUT2D eigenvalue weighted by atomic mass is 10.0. The number of aromatic nitrogens is 2. The number of benzene rings is 1. The highest BCUT2D eigenvalue weighted by Crippen LogP contribution is 2.25. The van der Waals surface area contributed by atoms with Crippen LogP contribution in [0.25, 0.3) is 0 Å². The number of morpholine rings is 1. The highest BCUT2D eigenvalue weighted by atomic mass is 19.1. The lowest BCUT2D eigenvalue weighted by molar-refractivity contribution is -0.0231. The van der Waals surface area contributed by atoms with E-state index in [1.165, 1.54) is 12.1 Å². The van der Waals surface area contributed by atoms with E-state index < -0.39 is 0 Å². The minimum absolute atomic E-state index is 0.0665. The van der Waals surface area contributed by atoms with Crippen molar-refractivity contribution in [2.45, 2.75) is 19.1 Å². The molecular weight excluding hydrogens is 323 g/mol. The van der Waals surface area contributed by atoms with Gasteiger partial charge in [0.15, 0.2) is 5.69 Å². The number of ether oxygens (including phenoxy) is 1. The SMILES string of the molecule is CN1CCc2[nH]nc(C(=O)N3CCO[C@H](c4ccc(F)cc4)C3)c2C1. The molecule has 0 aliphatic carbocycles. The van der Waals surface area contributed by atoms with Gasteiger partial charge in [-0.05, 0) is 24.7 Å². The molecule has 25 heavy (non-hydrogen) atoms. The van der Waals surface area contributed by atoms with Crippen LogP contribution in [0.2, 0.25) is 0 Å². The van der Waals surface area contributed by atoms with Gasteiger partial charge in [-0.1, -0.05) is 12.1 Å². The van der Waals surface area contributed by atoms with Crippen LogP contribution >= 0.6 is 0 Å². The molecule has 4 rings (SSSR count). The summed E-state index contributed by atoms with van der Waals surface area (Å²) in [6.45, 7) is 3.14. The van der Waals surface area contributed by atoms with E-state index in [0.29, 0.717) is 25.4 Å². The maximum atomic E-state index is 13.1. The quantitative estimate of drug-likeness (QED) is 0.902. The van der Waals surface area contributed by atoms with Gasteiger partial charge < -0.3 is 14.5 Å². The Kier molecular flexibility index (Phi) is 4.27. The topological polar surface area (TPSA) is 61.5 Å². The Bertz CT molecular complexity index is 774. The number of amides is 1. The van der Waals surface area contributed by atoms with Crippen molar-refractivity contribution in [1.29, 1.82) is 0 Å². The predicted octanol–water partition coefficient (Wildman–Crippen LogP) is 1.75. The van der Waals surface area contributed by atoms with Crippen molar-refractivity contribution in [3.63, 3.8) is 0 Å². The number of halogens is 1. The molecule has 132 valence electrons. The zero-order valence-electron chi connectivity index (χ0n) is 14.2. The van der Waals surface area contributed by atoms with E-state index in [-0.39, 0.29) is 17.8 Å². The molecule has 6 nitrogen and oxygen atoms in total. The Morgan fingerprint density at radius 1 is 1.32 bits per heavy atom. The summed E-state index contributed by atoms with van der Waals surface area (Å²) < 4.78 is 18.9. The first kappa shape index (κ1) is 16.2. The molecule has 1 aromatic heterocycles. The third kappa shape index (κ3) is 3.17. The summed E-state index contributed by atoms with van der Waals surface area (Å²) >= 11 is 0. The van der Waals surface area contributed by atoms with Crippen LogP contribution in [0.3, 0.4) is 0 Å². The molecule has 1 fully saturated rings. The second-order valence-corrected chi connectivity index (χ2v) is 6.68. The number of nitrogens with zero attached hydrogens (tertiary/aromatic N) is 3. The molecule has 0 unspecified atom stereocenters. The minimum atomic E-state index is -0.278. The third-order valence-electron chi connectivity index (χ3n) is 4.92. The Hall–Kier alpha value is -2.25. The molecule has 0 bridgehead atoms. The summed E-state index contributed by atoms with van der Waals surface area (Å²) in [6, 6.07) is 6.25. The van der Waals surface area contributed by atoms with Crippen LogP contribution in [-0.2, 0) is 17.7 Å². The van der Waals surface area contributed by atoms with Gasteiger partial charge in [-0.3, -0.25) is 9.89 Å². The first-order chi connectivity index (χ1) is 12.1. The van der Waals surface area contributed by atoms with Crippen molar-refractivity contribution in [3.05, 3.63) is 52.6 Å². The van der Waals surface area contributed by atoms with Gasteiger partial charge >= 0.3 is 0 Å². The molecule has 0 spiro atoms. The van der Waals surface area contributed by atoms with E-state index in [2.05, 4.69) is 15.1 Å². The number of hydrogen-bond acceptors (Lipinski definition) is 4. The molecule has 0 saturated carbocycles. The predicted molar refractivity (Wildman–Crippen MR) is 89.6 cm³/mol. The molecule has 1 saturated heterocycles. The van der Waals surface area contributed by atoms with Crippen LogP contribution in [0.4, 0.5) is 4.39 Å². The second-order valence-electron chi connectivity index (χ2n) is 6.68. The summed E-state index contributed by atoms with van der Waals surface area (Å²) in [6.07, 6.45) is 0.642. The smallest absolute Gasteiger partial charge is 0.274 e. The summed E-state index contributed by atoms with van der Waals surface area (Å²) in [7, 11) is 2.05. The fraction of sp³-hybridized carbons (Fsp3) is 0.444. The van der Waals surface area contributed by atoms with E-state index in [1.807, 2.05) is 7.05 Å². The fourth-order valence-corrected chi connectivity index (χ4v) is 3.47. The highest BCUT2D eigenvalue weighted by molar-refractivity contribution is 5.94. The van der Waals surface area contributed by atoms with Gasteiger partial charge in [0, 0.05) is 37.3 Å². The minimum Gasteiger partial charge on any atom is -0.370 e. The number of nitrogens with one attached hydrogen (secondary N) is 1. The molecule has 1 amide bonds. The number of rotatable bonds is 2. The van der Waals surface area contributed by atoms with Gasteiger partial charge in [0.1, 0.15) is 11.9 Å². The van der Waals surface area contributed by atoms with E-state index in [1.54, 1.807) is 17.0 Å². The lowest BCUT2D eigenvalue weighted by Crippen LogP contribution is -2.43. The van der Waals surface area contributed by atoms with Crippen LogP contribution in [0, 0.1) is 5.82 Å². The normalized spacial score (nSPS) is 21.2. The molecule has 1 atom stereocenters. The van der Waals surface area contributed by atoms with Crippen LogP contribution in [0.1, 0.15) is 33.4 Å². The van der Waals surface area contributed by atoms with Crippen molar-refractivity contribution in [2.24, 2.45) is 0 Å². The Labute approximate surface area is 145 Å². The van der Waals surface area contributed by atoms with Crippen molar-refractivity contribution in [2.75, 3.05) is 33.3 Å². The fourth-order valence-electron chi connectivity index (χ4n) is 3.47. The average molecular weight is 344 g/mol. The summed E-state index contributed by atoms with van der Waals surface area (Å²) in [5, 5.41) is 7.30. The van der Waals surface area contributed by atoms with Crippen molar-refractivity contribution in [1.82, 2.24) is 20.0 Å². The first-order valence-corrected chi connectivity index (χ1v) is 8.53. The molecule has 1 aromatic carbocycles. The van der Waals surface area contributed by atoms with Crippen molar-refractivity contribution in [3.8, 4) is 0 Å². The zero-order valence-corrected chi connectivity index (χ0v) is 14.2. The van der Waals surface area contributed by atoms with Crippen LogP contribution in [-0.4, -0.2) is 59.2 Å². The van der Waals surface area contributed by atoms with Gasteiger partial charge in [0.25, 0.3) is 5.91 Å². The van der Waals surface area contributed by atoms with Crippen LogP contribution in [0.5, 0.6) is 0 Å². The number of likely N-dealkylation sites (N-methyl/N-ethyl adjacent to an activating group) is 1. The molecule has 2 aromatic rings. The van der Waals surface area contributed by atoms with E-state index in [0.717, 1.165) is 36.3 Å². The highest BCUT2D eigenvalue weighted by Gasteiger charge is 2.31. The van der Waals surface area contributed by atoms with E-state index >= 15 is 0 Å². The Morgan fingerprint density at radius 3 is 2.92 bits per heavy atom. The lowest BCUT2D eigenvalue weighted by Gasteiger charge is -2.33.